The molecule has 4 N–H and O–H groups in total. The third kappa shape index (κ3) is 5.04. The Morgan fingerprint density at radius 2 is 1.83 bits per heavy atom. The standard InChI is InChI=1S/C13H24N2O3/c1-9(10-6-4-2-3-5-7-10)15-13(18)11(14)8-12(16)17/h9-11H,2-8,14H2,1H3,(H,15,18)(H,16,17)/t9-,11?/m1/s1. The van der Waals surface area contributed by atoms with E-state index in [0.717, 1.165) is 12.8 Å². The molecule has 5 heteroatoms. The van der Waals surface area contributed by atoms with Gasteiger partial charge in [-0.15, -0.1) is 0 Å². The van der Waals surface area contributed by atoms with Crippen LogP contribution in [0.4, 0.5) is 0 Å². The van der Waals surface area contributed by atoms with Gasteiger partial charge in [-0.25, -0.2) is 0 Å². The van der Waals surface area contributed by atoms with Gasteiger partial charge in [-0.3, -0.25) is 9.59 Å². The maximum Gasteiger partial charge on any atom is 0.305 e. The van der Waals surface area contributed by atoms with Gasteiger partial charge in [0.1, 0.15) is 0 Å². The molecule has 0 aromatic carbocycles. The van der Waals surface area contributed by atoms with Crippen LogP contribution in [0.3, 0.4) is 0 Å². The number of amides is 1. The summed E-state index contributed by atoms with van der Waals surface area (Å²) in [7, 11) is 0. The number of nitrogens with one attached hydrogen (secondary N) is 1. The van der Waals surface area contributed by atoms with Crippen molar-refractivity contribution in [3.05, 3.63) is 0 Å². The van der Waals surface area contributed by atoms with Gasteiger partial charge in [-0.1, -0.05) is 25.7 Å². The highest BCUT2D eigenvalue weighted by molar-refractivity contribution is 5.86. The van der Waals surface area contributed by atoms with E-state index in [0.29, 0.717) is 5.92 Å². The number of rotatable bonds is 5. The monoisotopic (exact) mass is 256 g/mol. The Kier molecular flexibility index (Phi) is 6.12. The highest BCUT2D eigenvalue weighted by Gasteiger charge is 2.23. The van der Waals surface area contributed by atoms with Crippen LogP contribution in [-0.4, -0.2) is 29.1 Å². The lowest BCUT2D eigenvalue weighted by Gasteiger charge is -2.24. The van der Waals surface area contributed by atoms with Crippen molar-refractivity contribution in [1.82, 2.24) is 5.32 Å². The smallest absolute Gasteiger partial charge is 0.305 e. The van der Waals surface area contributed by atoms with Crippen LogP contribution in [0.15, 0.2) is 0 Å². The lowest BCUT2D eigenvalue weighted by Crippen LogP contribution is -2.47. The van der Waals surface area contributed by atoms with Gasteiger partial charge < -0.3 is 16.2 Å². The third-order valence-corrected chi connectivity index (χ3v) is 3.71. The van der Waals surface area contributed by atoms with E-state index in [1.165, 1.54) is 25.7 Å². The molecular weight excluding hydrogens is 232 g/mol. The van der Waals surface area contributed by atoms with E-state index in [1.54, 1.807) is 0 Å². The van der Waals surface area contributed by atoms with Crippen molar-refractivity contribution in [2.75, 3.05) is 0 Å². The molecule has 1 unspecified atom stereocenters. The van der Waals surface area contributed by atoms with Crippen LogP contribution in [0, 0.1) is 5.92 Å². The summed E-state index contributed by atoms with van der Waals surface area (Å²) in [5, 5.41) is 11.4. The van der Waals surface area contributed by atoms with E-state index >= 15 is 0 Å². The van der Waals surface area contributed by atoms with Crippen LogP contribution in [0.5, 0.6) is 0 Å². The fourth-order valence-electron chi connectivity index (χ4n) is 2.54. The molecule has 2 atom stereocenters. The van der Waals surface area contributed by atoms with Gasteiger partial charge in [0.25, 0.3) is 0 Å². The van der Waals surface area contributed by atoms with Gasteiger partial charge in [0.15, 0.2) is 0 Å². The van der Waals surface area contributed by atoms with E-state index in [-0.39, 0.29) is 18.4 Å². The van der Waals surface area contributed by atoms with Crippen LogP contribution in [-0.2, 0) is 9.59 Å². The van der Waals surface area contributed by atoms with Crippen LogP contribution in [0.2, 0.25) is 0 Å². The highest BCUT2D eigenvalue weighted by Crippen LogP contribution is 2.25. The van der Waals surface area contributed by atoms with Crippen molar-refractivity contribution in [2.45, 2.75) is 64.0 Å². The average molecular weight is 256 g/mol. The van der Waals surface area contributed by atoms with E-state index < -0.39 is 12.0 Å². The lowest BCUT2D eigenvalue weighted by molar-refractivity contribution is -0.139. The molecule has 1 fully saturated rings. The maximum absolute atomic E-state index is 11.7. The zero-order valence-corrected chi connectivity index (χ0v) is 11.0. The Balaban J connectivity index is 2.39. The van der Waals surface area contributed by atoms with E-state index in [9.17, 15) is 9.59 Å². The molecule has 0 aromatic rings. The number of hydrogen-bond donors (Lipinski definition) is 3. The molecule has 0 bridgehead atoms. The fourth-order valence-corrected chi connectivity index (χ4v) is 2.54. The molecule has 1 rings (SSSR count). The summed E-state index contributed by atoms with van der Waals surface area (Å²) < 4.78 is 0. The summed E-state index contributed by atoms with van der Waals surface area (Å²) >= 11 is 0. The van der Waals surface area contributed by atoms with Gasteiger partial charge in [0.05, 0.1) is 12.5 Å². The Morgan fingerprint density at radius 3 is 2.33 bits per heavy atom. The topological polar surface area (TPSA) is 92.4 Å². The first-order valence-corrected chi connectivity index (χ1v) is 6.78. The largest absolute Gasteiger partial charge is 0.481 e. The Bertz CT molecular complexity index is 286. The molecule has 104 valence electrons. The molecule has 0 spiro atoms. The van der Waals surface area contributed by atoms with Crippen molar-refractivity contribution in [3.63, 3.8) is 0 Å². The minimum atomic E-state index is -1.04. The number of hydrogen-bond acceptors (Lipinski definition) is 3. The molecule has 1 saturated carbocycles. The van der Waals surface area contributed by atoms with Crippen LogP contribution >= 0.6 is 0 Å². The second-order valence-corrected chi connectivity index (χ2v) is 5.25. The maximum atomic E-state index is 11.7. The predicted octanol–water partition coefficient (Wildman–Crippen LogP) is 1.26. The van der Waals surface area contributed by atoms with Gasteiger partial charge in [0, 0.05) is 6.04 Å². The zero-order valence-electron chi connectivity index (χ0n) is 11.0. The van der Waals surface area contributed by atoms with Crippen LogP contribution in [0.25, 0.3) is 0 Å². The number of aliphatic carboxylic acids is 1. The van der Waals surface area contributed by atoms with Crippen molar-refractivity contribution in [3.8, 4) is 0 Å². The Labute approximate surface area is 108 Å². The summed E-state index contributed by atoms with van der Waals surface area (Å²) in [6.45, 7) is 1.99. The van der Waals surface area contributed by atoms with Crippen LogP contribution < -0.4 is 11.1 Å². The SMILES string of the molecule is C[C@@H](NC(=O)C(N)CC(=O)O)C1CCCCCC1. The molecule has 0 aromatic heterocycles. The van der Waals surface area contributed by atoms with Crippen molar-refractivity contribution < 1.29 is 14.7 Å². The molecule has 5 nitrogen and oxygen atoms in total. The first-order valence-electron chi connectivity index (χ1n) is 6.78. The average Bonchev–Trinajstić information content (AvgIpc) is 2.56. The highest BCUT2D eigenvalue weighted by atomic mass is 16.4. The van der Waals surface area contributed by atoms with E-state index in [2.05, 4.69) is 5.32 Å². The quantitative estimate of drug-likeness (QED) is 0.646. The normalized spacial score (nSPS) is 20.8. The number of carboxylic acid groups (broad SMARTS) is 1. The summed E-state index contributed by atoms with van der Waals surface area (Å²) in [5.41, 5.74) is 5.53. The number of carbonyl (C=O) groups is 2. The summed E-state index contributed by atoms with van der Waals surface area (Å²) in [6, 6.07) is -0.869. The molecule has 0 saturated heterocycles. The second kappa shape index (κ2) is 7.36. The molecule has 1 amide bonds. The van der Waals surface area contributed by atoms with Crippen molar-refractivity contribution >= 4 is 11.9 Å². The van der Waals surface area contributed by atoms with Crippen molar-refractivity contribution in [2.24, 2.45) is 11.7 Å². The minimum Gasteiger partial charge on any atom is -0.481 e. The van der Waals surface area contributed by atoms with Gasteiger partial charge in [0.2, 0.25) is 5.91 Å². The molecule has 0 radical (unpaired) electrons. The molecular formula is C13H24N2O3. The number of carbonyl (C=O) groups excluding carboxylic acids is 1. The first kappa shape index (κ1) is 15.0. The van der Waals surface area contributed by atoms with Crippen LogP contribution in [0.1, 0.15) is 51.9 Å². The molecule has 0 aliphatic heterocycles. The first-order chi connectivity index (χ1) is 8.50. The third-order valence-electron chi connectivity index (χ3n) is 3.71. The van der Waals surface area contributed by atoms with E-state index in [1.807, 2.05) is 6.92 Å². The Hall–Kier alpha value is -1.10. The lowest BCUT2D eigenvalue weighted by atomic mass is 9.93. The minimum absolute atomic E-state index is 0.0791. The van der Waals surface area contributed by atoms with Crippen molar-refractivity contribution in [1.29, 1.82) is 0 Å². The fraction of sp³-hybridized carbons (Fsp3) is 0.846. The summed E-state index contributed by atoms with van der Waals surface area (Å²) in [5.74, 6) is -0.901. The second-order valence-electron chi connectivity index (χ2n) is 5.25. The number of carboxylic acids is 1. The van der Waals surface area contributed by atoms with Gasteiger partial charge in [-0.05, 0) is 25.7 Å². The van der Waals surface area contributed by atoms with Gasteiger partial charge >= 0.3 is 5.97 Å². The summed E-state index contributed by atoms with van der Waals surface area (Å²) in [4.78, 5) is 22.2. The molecule has 1 aliphatic carbocycles. The molecule has 18 heavy (non-hydrogen) atoms. The summed E-state index contributed by atoms with van der Waals surface area (Å²) in [6.07, 6.45) is 6.93. The zero-order chi connectivity index (χ0) is 13.5. The predicted molar refractivity (Wildman–Crippen MR) is 69.0 cm³/mol. The Morgan fingerprint density at radius 1 is 1.28 bits per heavy atom. The number of nitrogens with two attached hydrogens (primary N) is 1. The van der Waals surface area contributed by atoms with Gasteiger partial charge in [-0.2, -0.15) is 0 Å². The molecule has 0 heterocycles. The molecule has 1 aliphatic rings. The van der Waals surface area contributed by atoms with E-state index in [4.69, 9.17) is 10.8 Å².